The standard InChI is InChI=1S/C17H16N2/c18-16(17-10-3-4-11-19-17)12-14-8-5-7-13-6-1-2-9-15(13)14/h1-11,16H,12,18H2. The molecule has 0 aliphatic rings. The fraction of sp³-hybridized carbons (Fsp3) is 0.118. The second-order valence-electron chi connectivity index (χ2n) is 4.70. The molecule has 0 fully saturated rings. The average molecular weight is 248 g/mol. The first kappa shape index (κ1) is 11.9. The van der Waals surface area contributed by atoms with Crippen molar-refractivity contribution in [1.82, 2.24) is 4.98 Å². The second-order valence-corrected chi connectivity index (χ2v) is 4.70. The first-order valence-corrected chi connectivity index (χ1v) is 6.48. The van der Waals surface area contributed by atoms with Gasteiger partial charge < -0.3 is 5.73 Å². The molecule has 0 bridgehead atoms. The fourth-order valence-electron chi connectivity index (χ4n) is 2.41. The zero-order valence-corrected chi connectivity index (χ0v) is 10.7. The molecule has 1 unspecified atom stereocenters. The van der Waals surface area contributed by atoms with E-state index in [1.807, 2.05) is 18.2 Å². The Morgan fingerprint density at radius 1 is 0.895 bits per heavy atom. The molecule has 0 spiro atoms. The zero-order chi connectivity index (χ0) is 13.1. The van der Waals surface area contributed by atoms with Crippen LogP contribution in [0.3, 0.4) is 0 Å². The third-order valence-corrected chi connectivity index (χ3v) is 3.39. The van der Waals surface area contributed by atoms with E-state index in [0.717, 1.165) is 12.1 Å². The van der Waals surface area contributed by atoms with Crippen LogP contribution < -0.4 is 5.73 Å². The molecule has 2 heteroatoms. The number of hydrogen-bond donors (Lipinski definition) is 1. The Labute approximate surface area is 112 Å². The quantitative estimate of drug-likeness (QED) is 0.770. The van der Waals surface area contributed by atoms with Crippen LogP contribution in [0.25, 0.3) is 10.8 Å². The van der Waals surface area contributed by atoms with Crippen LogP contribution in [-0.2, 0) is 6.42 Å². The van der Waals surface area contributed by atoms with Crippen LogP contribution in [0.1, 0.15) is 17.3 Å². The molecule has 2 aromatic carbocycles. The Bertz CT molecular complexity index is 672. The zero-order valence-electron chi connectivity index (χ0n) is 10.7. The van der Waals surface area contributed by atoms with Gasteiger partial charge in [0.05, 0.1) is 11.7 Å². The van der Waals surface area contributed by atoms with Crippen LogP contribution in [0.5, 0.6) is 0 Å². The van der Waals surface area contributed by atoms with Gasteiger partial charge in [0.2, 0.25) is 0 Å². The highest BCUT2D eigenvalue weighted by Gasteiger charge is 2.09. The summed E-state index contributed by atoms with van der Waals surface area (Å²) in [6.45, 7) is 0. The van der Waals surface area contributed by atoms with Crippen molar-refractivity contribution >= 4 is 10.8 Å². The van der Waals surface area contributed by atoms with Crippen LogP contribution in [0, 0.1) is 0 Å². The summed E-state index contributed by atoms with van der Waals surface area (Å²) in [5.41, 5.74) is 8.47. The van der Waals surface area contributed by atoms with Crippen molar-refractivity contribution in [1.29, 1.82) is 0 Å². The predicted octanol–water partition coefficient (Wildman–Crippen LogP) is 3.48. The Morgan fingerprint density at radius 3 is 2.53 bits per heavy atom. The highest BCUT2D eigenvalue weighted by Crippen LogP contribution is 2.22. The molecule has 0 saturated carbocycles. The maximum Gasteiger partial charge on any atom is 0.0574 e. The molecule has 0 saturated heterocycles. The van der Waals surface area contributed by atoms with Gasteiger partial charge in [-0.3, -0.25) is 4.98 Å². The summed E-state index contributed by atoms with van der Waals surface area (Å²) in [6, 6.07) is 20.6. The first-order chi connectivity index (χ1) is 9.34. The molecule has 1 aromatic heterocycles. The topological polar surface area (TPSA) is 38.9 Å². The van der Waals surface area contributed by atoms with Crippen molar-refractivity contribution in [3.05, 3.63) is 78.1 Å². The van der Waals surface area contributed by atoms with Crippen molar-refractivity contribution in [3.8, 4) is 0 Å². The summed E-state index contributed by atoms with van der Waals surface area (Å²) in [4.78, 5) is 4.33. The van der Waals surface area contributed by atoms with Gasteiger partial charge >= 0.3 is 0 Å². The summed E-state index contributed by atoms with van der Waals surface area (Å²) >= 11 is 0. The minimum Gasteiger partial charge on any atom is -0.322 e. The fourth-order valence-corrected chi connectivity index (χ4v) is 2.41. The molecule has 1 atom stereocenters. The molecule has 94 valence electrons. The lowest BCUT2D eigenvalue weighted by Crippen LogP contribution is -2.14. The lowest BCUT2D eigenvalue weighted by molar-refractivity contribution is 0.699. The van der Waals surface area contributed by atoms with Gasteiger partial charge in [0.25, 0.3) is 0 Å². The summed E-state index contributed by atoms with van der Waals surface area (Å²) in [5.74, 6) is 0. The maximum atomic E-state index is 6.26. The molecule has 0 radical (unpaired) electrons. The Balaban J connectivity index is 1.94. The highest BCUT2D eigenvalue weighted by atomic mass is 14.8. The molecule has 0 amide bonds. The van der Waals surface area contributed by atoms with Gasteiger partial charge in [-0.1, -0.05) is 48.5 Å². The number of nitrogens with zero attached hydrogens (tertiary/aromatic N) is 1. The minimum absolute atomic E-state index is 0.0630. The van der Waals surface area contributed by atoms with E-state index in [0.29, 0.717) is 0 Å². The van der Waals surface area contributed by atoms with Crippen LogP contribution in [0.15, 0.2) is 66.9 Å². The number of aromatic nitrogens is 1. The molecule has 3 aromatic rings. The number of hydrogen-bond acceptors (Lipinski definition) is 2. The molecule has 0 aliphatic heterocycles. The number of nitrogens with two attached hydrogens (primary N) is 1. The number of fused-ring (bicyclic) bond motifs is 1. The van der Waals surface area contributed by atoms with E-state index >= 15 is 0 Å². The molecule has 19 heavy (non-hydrogen) atoms. The minimum atomic E-state index is -0.0630. The van der Waals surface area contributed by atoms with Gasteiger partial charge in [0.1, 0.15) is 0 Å². The van der Waals surface area contributed by atoms with E-state index < -0.39 is 0 Å². The third kappa shape index (κ3) is 2.49. The van der Waals surface area contributed by atoms with Crippen molar-refractivity contribution in [3.63, 3.8) is 0 Å². The van der Waals surface area contributed by atoms with E-state index in [1.54, 1.807) is 6.20 Å². The SMILES string of the molecule is NC(Cc1cccc2ccccc12)c1ccccn1. The number of pyridine rings is 1. The van der Waals surface area contributed by atoms with Crippen LogP contribution in [0.4, 0.5) is 0 Å². The van der Waals surface area contributed by atoms with Crippen LogP contribution >= 0.6 is 0 Å². The Hall–Kier alpha value is -2.19. The van der Waals surface area contributed by atoms with Gasteiger partial charge in [-0.25, -0.2) is 0 Å². The molecule has 2 nitrogen and oxygen atoms in total. The molecule has 2 N–H and O–H groups in total. The Kier molecular flexibility index (Phi) is 3.25. The van der Waals surface area contributed by atoms with E-state index in [4.69, 9.17) is 5.73 Å². The Morgan fingerprint density at radius 2 is 1.68 bits per heavy atom. The van der Waals surface area contributed by atoms with Crippen molar-refractivity contribution < 1.29 is 0 Å². The summed E-state index contributed by atoms with van der Waals surface area (Å²) in [5, 5.41) is 2.53. The summed E-state index contributed by atoms with van der Waals surface area (Å²) in [6.07, 6.45) is 2.59. The van der Waals surface area contributed by atoms with Crippen LogP contribution in [0.2, 0.25) is 0 Å². The lowest BCUT2D eigenvalue weighted by Gasteiger charge is -2.13. The predicted molar refractivity (Wildman–Crippen MR) is 78.8 cm³/mol. The maximum absolute atomic E-state index is 6.26. The normalized spacial score (nSPS) is 12.5. The van der Waals surface area contributed by atoms with E-state index in [1.165, 1.54) is 16.3 Å². The molecule has 3 rings (SSSR count). The average Bonchev–Trinajstić information content (AvgIpc) is 2.48. The van der Waals surface area contributed by atoms with E-state index in [2.05, 4.69) is 47.4 Å². The number of benzene rings is 2. The van der Waals surface area contributed by atoms with Gasteiger partial charge in [-0.05, 0) is 34.9 Å². The lowest BCUT2D eigenvalue weighted by atomic mass is 9.97. The van der Waals surface area contributed by atoms with Gasteiger partial charge in [-0.2, -0.15) is 0 Å². The van der Waals surface area contributed by atoms with Gasteiger partial charge in [-0.15, -0.1) is 0 Å². The van der Waals surface area contributed by atoms with Crippen molar-refractivity contribution in [2.45, 2.75) is 12.5 Å². The molecule has 1 heterocycles. The molecule has 0 aliphatic carbocycles. The van der Waals surface area contributed by atoms with Crippen LogP contribution in [-0.4, -0.2) is 4.98 Å². The highest BCUT2D eigenvalue weighted by molar-refractivity contribution is 5.85. The van der Waals surface area contributed by atoms with Gasteiger partial charge in [0, 0.05) is 6.20 Å². The second kappa shape index (κ2) is 5.21. The summed E-state index contributed by atoms with van der Waals surface area (Å²) < 4.78 is 0. The van der Waals surface area contributed by atoms with Gasteiger partial charge in [0.15, 0.2) is 0 Å². The first-order valence-electron chi connectivity index (χ1n) is 6.48. The van der Waals surface area contributed by atoms with Crippen molar-refractivity contribution in [2.75, 3.05) is 0 Å². The van der Waals surface area contributed by atoms with E-state index in [-0.39, 0.29) is 6.04 Å². The molecular weight excluding hydrogens is 232 g/mol. The van der Waals surface area contributed by atoms with Crippen molar-refractivity contribution in [2.24, 2.45) is 5.73 Å². The largest absolute Gasteiger partial charge is 0.322 e. The monoisotopic (exact) mass is 248 g/mol. The number of rotatable bonds is 3. The summed E-state index contributed by atoms with van der Waals surface area (Å²) in [7, 11) is 0. The smallest absolute Gasteiger partial charge is 0.0574 e. The third-order valence-electron chi connectivity index (χ3n) is 3.39. The molecular formula is C17H16N2. The van der Waals surface area contributed by atoms with E-state index in [9.17, 15) is 0 Å².